The van der Waals surface area contributed by atoms with Crippen LogP contribution >= 0.6 is 23.2 Å². The van der Waals surface area contributed by atoms with E-state index in [1.165, 1.54) is 6.42 Å². The van der Waals surface area contributed by atoms with E-state index >= 15 is 0 Å². The smallest absolute Gasteiger partial charge is 0.172 e. The number of hydrogen-bond donors (Lipinski definition) is 2. The molecular weight excluding hydrogens is 327 g/mol. The molecule has 2 bridgehead atoms. The zero-order valence-corrected chi connectivity index (χ0v) is 13.9. The van der Waals surface area contributed by atoms with Gasteiger partial charge in [0.05, 0.1) is 0 Å². The second-order valence-corrected chi connectivity index (χ2v) is 6.54. The van der Waals surface area contributed by atoms with Gasteiger partial charge in [0.15, 0.2) is 4.46 Å². The van der Waals surface area contributed by atoms with E-state index in [4.69, 9.17) is 23.2 Å². The summed E-state index contributed by atoms with van der Waals surface area (Å²) in [5.74, 6) is 0. The van der Waals surface area contributed by atoms with Crippen LogP contribution in [0.4, 0.5) is 0 Å². The Morgan fingerprint density at radius 2 is 1.53 bits per heavy atom. The zero-order chi connectivity index (χ0) is 12.8. The molecule has 0 amide bonds. The van der Waals surface area contributed by atoms with E-state index in [1.807, 2.05) is 0 Å². The average Bonchev–Trinajstić information content (AvgIpc) is 2.35. The minimum atomic E-state index is -0.739. The van der Waals surface area contributed by atoms with Gasteiger partial charge in [0.1, 0.15) is 0 Å². The molecule has 2 unspecified atom stereocenters. The molecule has 7 heteroatoms. The van der Waals surface area contributed by atoms with Crippen molar-refractivity contribution in [2.45, 2.75) is 17.3 Å². The van der Waals surface area contributed by atoms with Gasteiger partial charge in [0, 0.05) is 62.8 Å². The zero-order valence-electron chi connectivity index (χ0n) is 11.3. The van der Waals surface area contributed by atoms with Crippen molar-refractivity contribution in [1.29, 1.82) is 0 Å². The van der Waals surface area contributed by atoms with E-state index in [0.717, 1.165) is 65.3 Å². The standard InChI is InChI=1S/C12H24Cl2N4.Fe/c13-12(14)2-4-16-5-8-17-7-1-3-15-6-9-18(12)11-10-17;/h15-16H,1-11H2;. The van der Waals surface area contributed by atoms with Gasteiger partial charge in [-0.1, -0.05) is 23.2 Å². The summed E-state index contributed by atoms with van der Waals surface area (Å²) in [4.78, 5) is 4.70. The first-order chi connectivity index (χ1) is 8.68. The number of nitrogens with one attached hydrogen (secondary N) is 2. The normalized spacial score (nSPS) is 33.2. The molecule has 114 valence electrons. The van der Waals surface area contributed by atoms with Gasteiger partial charge in [-0.15, -0.1) is 0 Å². The summed E-state index contributed by atoms with van der Waals surface area (Å²) >= 11 is 13.0. The van der Waals surface area contributed by atoms with Crippen LogP contribution in [0.1, 0.15) is 12.8 Å². The number of halogens is 2. The van der Waals surface area contributed by atoms with Crippen LogP contribution in [-0.4, -0.2) is 73.2 Å². The Labute approximate surface area is 137 Å². The number of hydrogen-bond acceptors (Lipinski definition) is 4. The first-order valence-corrected chi connectivity index (χ1v) is 7.71. The Balaban J connectivity index is 0.00000180. The monoisotopic (exact) mass is 350 g/mol. The van der Waals surface area contributed by atoms with Crippen LogP contribution in [0.25, 0.3) is 0 Å². The summed E-state index contributed by atoms with van der Waals surface area (Å²) in [6, 6.07) is 0. The third-order valence-electron chi connectivity index (χ3n) is 3.74. The van der Waals surface area contributed by atoms with Gasteiger partial charge < -0.3 is 15.5 Å². The average molecular weight is 351 g/mol. The van der Waals surface area contributed by atoms with Crippen LogP contribution in [0.5, 0.6) is 0 Å². The van der Waals surface area contributed by atoms with Crippen molar-refractivity contribution in [3.63, 3.8) is 0 Å². The van der Waals surface area contributed by atoms with Crippen molar-refractivity contribution < 1.29 is 17.1 Å². The predicted octanol–water partition coefficient (Wildman–Crippen LogP) is 0.706. The van der Waals surface area contributed by atoms with Crippen LogP contribution < -0.4 is 10.6 Å². The Bertz CT molecular complexity index is 254. The predicted molar refractivity (Wildman–Crippen MR) is 77.4 cm³/mol. The minimum Gasteiger partial charge on any atom is -0.315 e. The Hall–Kier alpha value is 0.939. The molecule has 0 radical (unpaired) electrons. The fourth-order valence-corrected chi connectivity index (χ4v) is 3.09. The van der Waals surface area contributed by atoms with Crippen LogP contribution in [0.15, 0.2) is 0 Å². The van der Waals surface area contributed by atoms with Gasteiger partial charge in [0.25, 0.3) is 0 Å². The molecule has 2 aliphatic rings. The molecule has 0 saturated carbocycles. The number of nitrogens with zero attached hydrogens (tertiary/aromatic N) is 2. The summed E-state index contributed by atoms with van der Waals surface area (Å²) in [7, 11) is 0. The Morgan fingerprint density at radius 3 is 2.37 bits per heavy atom. The van der Waals surface area contributed by atoms with Crippen LogP contribution in [0.3, 0.4) is 0 Å². The van der Waals surface area contributed by atoms with E-state index in [1.54, 1.807) is 0 Å². The quantitative estimate of drug-likeness (QED) is 0.382. The molecule has 4 nitrogen and oxygen atoms in total. The largest absolute Gasteiger partial charge is 0.315 e. The SMILES string of the molecule is ClC1(Cl)CCNCCN2CCCNCCN1CC2.[Fe]. The van der Waals surface area contributed by atoms with Gasteiger partial charge in [0.2, 0.25) is 0 Å². The van der Waals surface area contributed by atoms with Crippen molar-refractivity contribution in [2.24, 2.45) is 0 Å². The summed E-state index contributed by atoms with van der Waals surface area (Å²) < 4.78 is -0.739. The maximum atomic E-state index is 6.49. The second kappa shape index (κ2) is 9.06. The van der Waals surface area contributed by atoms with Gasteiger partial charge in [-0.25, -0.2) is 0 Å². The minimum absolute atomic E-state index is 0. The van der Waals surface area contributed by atoms with E-state index in [9.17, 15) is 0 Å². The molecule has 2 atom stereocenters. The number of alkyl halides is 2. The Morgan fingerprint density at radius 1 is 0.789 bits per heavy atom. The first-order valence-electron chi connectivity index (χ1n) is 6.95. The summed E-state index contributed by atoms with van der Waals surface area (Å²) in [6.07, 6.45) is 1.99. The Kier molecular flexibility index (Phi) is 8.58. The summed E-state index contributed by atoms with van der Waals surface area (Å²) in [5.41, 5.74) is 0. The van der Waals surface area contributed by atoms with Crippen molar-refractivity contribution in [1.82, 2.24) is 20.4 Å². The molecule has 0 spiro atoms. The maximum absolute atomic E-state index is 6.49. The molecule has 2 fully saturated rings. The van der Waals surface area contributed by atoms with Gasteiger partial charge in [-0.05, 0) is 26.1 Å². The van der Waals surface area contributed by atoms with Gasteiger partial charge in [-0.2, -0.15) is 0 Å². The molecule has 19 heavy (non-hydrogen) atoms. The molecule has 2 rings (SSSR count). The summed E-state index contributed by atoms with van der Waals surface area (Å²) in [6.45, 7) is 9.15. The van der Waals surface area contributed by atoms with E-state index in [0.29, 0.717) is 0 Å². The van der Waals surface area contributed by atoms with Crippen LogP contribution in [0, 0.1) is 0 Å². The van der Waals surface area contributed by atoms with Crippen molar-refractivity contribution >= 4 is 23.2 Å². The molecule has 0 aromatic rings. The van der Waals surface area contributed by atoms with E-state index in [-0.39, 0.29) is 17.1 Å². The maximum Gasteiger partial charge on any atom is 0.172 e. The van der Waals surface area contributed by atoms with Crippen molar-refractivity contribution in [3.8, 4) is 0 Å². The topological polar surface area (TPSA) is 30.5 Å². The molecule has 0 aromatic heterocycles. The van der Waals surface area contributed by atoms with Gasteiger partial charge >= 0.3 is 0 Å². The number of rotatable bonds is 0. The van der Waals surface area contributed by atoms with Crippen LogP contribution in [-0.2, 0) is 17.1 Å². The third-order valence-corrected chi connectivity index (χ3v) is 4.60. The number of fused-ring (bicyclic) bond motifs is 3. The van der Waals surface area contributed by atoms with E-state index < -0.39 is 4.46 Å². The fourth-order valence-electron chi connectivity index (χ4n) is 2.56. The molecule has 2 saturated heterocycles. The molecular formula is C12H24Cl2FeN4. The third kappa shape index (κ3) is 6.06. The second-order valence-electron chi connectivity index (χ2n) is 5.10. The molecule has 2 N–H and O–H groups in total. The van der Waals surface area contributed by atoms with Crippen molar-refractivity contribution in [3.05, 3.63) is 0 Å². The first kappa shape index (κ1) is 18.0. The molecule has 2 aliphatic heterocycles. The molecule has 0 aliphatic carbocycles. The summed E-state index contributed by atoms with van der Waals surface area (Å²) in [5, 5.41) is 6.89. The van der Waals surface area contributed by atoms with E-state index in [2.05, 4.69) is 20.4 Å². The molecule has 2 heterocycles. The fraction of sp³-hybridized carbons (Fsp3) is 1.00. The van der Waals surface area contributed by atoms with Crippen LogP contribution in [0.2, 0.25) is 0 Å². The molecule has 0 aromatic carbocycles. The van der Waals surface area contributed by atoms with Crippen molar-refractivity contribution in [2.75, 3.05) is 58.9 Å². The van der Waals surface area contributed by atoms with Gasteiger partial charge in [-0.3, -0.25) is 4.90 Å².